The first-order valence-corrected chi connectivity index (χ1v) is 5.62. The fourth-order valence-electron chi connectivity index (χ4n) is 1.46. The molecular formula is C13H20N2O. The molecule has 1 aromatic carbocycles. The predicted molar refractivity (Wildman–Crippen MR) is 66.4 cm³/mol. The average molecular weight is 220 g/mol. The Balaban J connectivity index is 2.87. The first-order valence-electron chi connectivity index (χ1n) is 5.62. The van der Waals surface area contributed by atoms with E-state index >= 15 is 0 Å². The van der Waals surface area contributed by atoms with Gasteiger partial charge >= 0.3 is 0 Å². The molecule has 1 amide bonds. The molecule has 0 unspecified atom stereocenters. The second-order valence-electron chi connectivity index (χ2n) is 4.25. The van der Waals surface area contributed by atoms with Crippen LogP contribution in [0.5, 0.6) is 0 Å². The van der Waals surface area contributed by atoms with Gasteiger partial charge in [-0.2, -0.15) is 0 Å². The van der Waals surface area contributed by atoms with Crippen molar-refractivity contribution in [2.75, 3.05) is 13.6 Å². The number of amides is 1. The molecule has 0 radical (unpaired) electrons. The zero-order chi connectivity index (χ0) is 12.1. The number of carbonyl (C=O) groups is 1. The number of nitrogens with two attached hydrogens (primary N) is 1. The van der Waals surface area contributed by atoms with Crippen LogP contribution in [0.15, 0.2) is 24.3 Å². The highest BCUT2D eigenvalue weighted by Crippen LogP contribution is 2.09. The summed E-state index contributed by atoms with van der Waals surface area (Å²) < 4.78 is 0. The molecule has 16 heavy (non-hydrogen) atoms. The summed E-state index contributed by atoms with van der Waals surface area (Å²) in [5.41, 5.74) is 7.35. The molecule has 0 aliphatic heterocycles. The third-order valence-corrected chi connectivity index (χ3v) is 2.70. The van der Waals surface area contributed by atoms with Crippen molar-refractivity contribution in [3.8, 4) is 0 Å². The van der Waals surface area contributed by atoms with E-state index in [0.29, 0.717) is 6.54 Å². The zero-order valence-electron chi connectivity index (χ0n) is 10.2. The first kappa shape index (κ1) is 12.7. The number of rotatable bonds is 4. The third kappa shape index (κ3) is 3.07. The van der Waals surface area contributed by atoms with E-state index in [1.54, 1.807) is 4.90 Å². The lowest BCUT2D eigenvalue weighted by Gasteiger charge is -2.21. The van der Waals surface area contributed by atoms with Crippen LogP contribution in [-0.2, 0) is 6.42 Å². The van der Waals surface area contributed by atoms with Gasteiger partial charge in [0.05, 0.1) is 0 Å². The van der Waals surface area contributed by atoms with E-state index in [9.17, 15) is 4.79 Å². The maximum Gasteiger partial charge on any atom is 0.253 e. The number of benzene rings is 1. The fraction of sp³-hybridized carbons (Fsp3) is 0.462. The van der Waals surface area contributed by atoms with Gasteiger partial charge in [0.25, 0.3) is 5.91 Å². The van der Waals surface area contributed by atoms with Crippen LogP contribution < -0.4 is 5.73 Å². The molecule has 0 heterocycles. The Labute approximate surface area is 97.2 Å². The van der Waals surface area contributed by atoms with E-state index in [4.69, 9.17) is 5.73 Å². The molecule has 0 atom stereocenters. The fourth-order valence-corrected chi connectivity index (χ4v) is 1.46. The molecule has 88 valence electrons. The second-order valence-corrected chi connectivity index (χ2v) is 4.25. The molecule has 0 fully saturated rings. The summed E-state index contributed by atoms with van der Waals surface area (Å²) in [6, 6.07) is 7.89. The lowest BCUT2D eigenvalue weighted by Crippen LogP contribution is -2.33. The van der Waals surface area contributed by atoms with E-state index in [-0.39, 0.29) is 11.9 Å². The molecule has 1 aromatic rings. The second kappa shape index (κ2) is 5.66. The Bertz CT molecular complexity index is 361. The Morgan fingerprint density at radius 3 is 2.69 bits per heavy atom. The standard InChI is InChI=1S/C13H20N2O/c1-10(2)15(3)13(16)12-6-4-5-11(9-12)7-8-14/h4-6,9-10H,7-8,14H2,1-3H3. The van der Waals surface area contributed by atoms with Crippen molar-refractivity contribution in [3.05, 3.63) is 35.4 Å². The molecule has 0 aliphatic carbocycles. The summed E-state index contributed by atoms with van der Waals surface area (Å²) in [5, 5.41) is 0. The molecule has 0 spiro atoms. The monoisotopic (exact) mass is 220 g/mol. The van der Waals surface area contributed by atoms with E-state index in [2.05, 4.69) is 0 Å². The minimum absolute atomic E-state index is 0.0638. The highest BCUT2D eigenvalue weighted by molar-refractivity contribution is 5.94. The summed E-state index contributed by atoms with van der Waals surface area (Å²) in [6.07, 6.45) is 0.812. The number of hydrogen-bond donors (Lipinski definition) is 1. The largest absolute Gasteiger partial charge is 0.339 e. The smallest absolute Gasteiger partial charge is 0.253 e. The molecule has 3 nitrogen and oxygen atoms in total. The van der Waals surface area contributed by atoms with Crippen molar-refractivity contribution in [2.45, 2.75) is 26.3 Å². The summed E-state index contributed by atoms with van der Waals surface area (Å²) in [5.74, 6) is 0.0638. The van der Waals surface area contributed by atoms with Crippen molar-refractivity contribution in [1.82, 2.24) is 4.90 Å². The van der Waals surface area contributed by atoms with Crippen molar-refractivity contribution in [2.24, 2.45) is 5.73 Å². The van der Waals surface area contributed by atoms with E-state index in [1.807, 2.05) is 45.2 Å². The van der Waals surface area contributed by atoms with Gasteiger partial charge in [-0.25, -0.2) is 0 Å². The predicted octanol–water partition coefficient (Wildman–Crippen LogP) is 1.67. The van der Waals surface area contributed by atoms with Crippen LogP contribution in [0, 0.1) is 0 Å². The molecule has 0 saturated heterocycles. The Morgan fingerprint density at radius 1 is 1.44 bits per heavy atom. The summed E-state index contributed by atoms with van der Waals surface area (Å²) >= 11 is 0. The number of hydrogen-bond acceptors (Lipinski definition) is 2. The van der Waals surface area contributed by atoms with Gasteiger partial charge in [-0.05, 0) is 44.5 Å². The van der Waals surface area contributed by atoms with Crippen LogP contribution in [0.4, 0.5) is 0 Å². The van der Waals surface area contributed by atoms with Gasteiger partial charge in [0.1, 0.15) is 0 Å². The molecule has 0 saturated carbocycles. The van der Waals surface area contributed by atoms with Gasteiger partial charge in [0.15, 0.2) is 0 Å². The van der Waals surface area contributed by atoms with Crippen molar-refractivity contribution >= 4 is 5.91 Å². The summed E-state index contributed by atoms with van der Waals surface area (Å²) in [7, 11) is 1.82. The maximum atomic E-state index is 12.0. The lowest BCUT2D eigenvalue weighted by atomic mass is 10.1. The van der Waals surface area contributed by atoms with Crippen LogP contribution in [0.2, 0.25) is 0 Å². The van der Waals surface area contributed by atoms with Crippen LogP contribution >= 0.6 is 0 Å². The van der Waals surface area contributed by atoms with Gasteiger partial charge in [-0.15, -0.1) is 0 Å². The van der Waals surface area contributed by atoms with Crippen LogP contribution in [0.1, 0.15) is 29.8 Å². The van der Waals surface area contributed by atoms with Crippen LogP contribution in [-0.4, -0.2) is 30.4 Å². The molecule has 0 aromatic heterocycles. The normalized spacial score (nSPS) is 10.6. The molecular weight excluding hydrogens is 200 g/mol. The van der Waals surface area contributed by atoms with Crippen LogP contribution in [0.3, 0.4) is 0 Å². The lowest BCUT2D eigenvalue weighted by molar-refractivity contribution is 0.0755. The molecule has 0 aliphatic rings. The highest BCUT2D eigenvalue weighted by Gasteiger charge is 2.14. The maximum absolute atomic E-state index is 12.0. The van der Waals surface area contributed by atoms with Gasteiger partial charge in [0.2, 0.25) is 0 Å². The first-order chi connectivity index (χ1) is 7.56. The van der Waals surface area contributed by atoms with Gasteiger partial charge < -0.3 is 10.6 Å². The zero-order valence-corrected chi connectivity index (χ0v) is 10.2. The Hall–Kier alpha value is -1.35. The SMILES string of the molecule is CC(C)N(C)C(=O)c1cccc(CCN)c1. The van der Waals surface area contributed by atoms with E-state index in [0.717, 1.165) is 17.5 Å². The van der Waals surface area contributed by atoms with Gasteiger partial charge in [-0.3, -0.25) is 4.79 Å². The average Bonchev–Trinajstić information content (AvgIpc) is 2.28. The molecule has 1 rings (SSSR count). The number of carbonyl (C=O) groups excluding carboxylic acids is 1. The minimum atomic E-state index is 0.0638. The molecule has 3 heteroatoms. The van der Waals surface area contributed by atoms with Crippen molar-refractivity contribution < 1.29 is 4.79 Å². The van der Waals surface area contributed by atoms with Gasteiger partial charge in [-0.1, -0.05) is 12.1 Å². The quantitative estimate of drug-likeness (QED) is 0.839. The number of nitrogens with zero attached hydrogens (tertiary/aromatic N) is 1. The van der Waals surface area contributed by atoms with Gasteiger partial charge in [0, 0.05) is 18.7 Å². The highest BCUT2D eigenvalue weighted by atomic mass is 16.2. The topological polar surface area (TPSA) is 46.3 Å². The summed E-state index contributed by atoms with van der Waals surface area (Å²) in [6.45, 7) is 4.61. The van der Waals surface area contributed by atoms with Crippen molar-refractivity contribution in [3.63, 3.8) is 0 Å². The summed E-state index contributed by atoms with van der Waals surface area (Å²) in [4.78, 5) is 13.8. The minimum Gasteiger partial charge on any atom is -0.339 e. The van der Waals surface area contributed by atoms with Crippen LogP contribution in [0.25, 0.3) is 0 Å². The Morgan fingerprint density at radius 2 is 2.12 bits per heavy atom. The Kier molecular flexibility index (Phi) is 4.50. The molecule has 0 bridgehead atoms. The third-order valence-electron chi connectivity index (χ3n) is 2.70. The molecule has 2 N–H and O–H groups in total. The van der Waals surface area contributed by atoms with E-state index < -0.39 is 0 Å². The van der Waals surface area contributed by atoms with E-state index in [1.165, 1.54) is 0 Å². The van der Waals surface area contributed by atoms with Crippen molar-refractivity contribution in [1.29, 1.82) is 0 Å².